The Balaban J connectivity index is 0.00000240. The summed E-state index contributed by atoms with van der Waals surface area (Å²) in [5, 5.41) is 1.59. The van der Waals surface area contributed by atoms with E-state index in [0.717, 1.165) is 11.3 Å². The highest BCUT2D eigenvalue weighted by molar-refractivity contribution is 7.67. The van der Waals surface area contributed by atoms with Gasteiger partial charge in [0, 0.05) is 0 Å². The summed E-state index contributed by atoms with van der Waals surface area (Å²) in [6.45, 7) is 8.67. The van der Waals surface area contributed by atoms with Crippen LogP contribution in [-0.4, -0.2) is 38.1 Å². The maximum absolute atomic E-state index is 6.50. The lowest BCUT2D eigenvalue weighted by atomic mass is 9.79. The third-order valence-corrected chi connectivity index (χ3v) is 11.2. The third-order valence-electron chi connectivity index (χ3n) is 7.66. The fraction of sp³-hybridized carbons (Fsp3) is 0.750. The fourth-order valence-electron chi connectivity index (χ4n) is 5.30. The van der Waals surface area contributed by atoms with Crippen molar-refractivity contribution in [2.45, 2.75) is 114 Å². The molecule has 0 atom stereocenters. The molecule has 4 rings (SSSR count). The summed E-state index contributed by atoms with van der Waals surface area (Å²) in [5.41, 5.74) is 2.57. The molecule has 2 saturated carbocycles. The maximum atomic E-state index is 6.50. The SMILES string of the molecule is B.CC1(C)OB(c2ccccc2P(C2CCCCC2)C2CCCCC2)OC1(C)C. The minimum absolute atomic E-state index is 0. The molecule has 29 heavy (non-hydrogen) atoms. The molecule has 0 spiro atoms. The molecule has 5 heteroatoms. The van der Waals surface area contributed by atoms with Crippen LogP contribution >= 0.6 is 7.92 Å². The van der Waals surface area contributed by atoms with Crippen LogP contribution in [0.25, 0.3) is 0 Å². The fourth-order valence-corrected chi connectivity index (χ4v) is 9.26. The van der Waals surface area contributed by atoms with Crippen molar-refractivity contribution >= 4 is 34.2 Å². The highest BCUT2D eigenvalue weighted by Crippen LogP contribution is 2.54. The van der Waals surface area contributed by atoms with Gasteiger partial charge in [-0.3, -0.25) is 0 Å². The van der Waals surface area contributed by atoms with E-state index in [9.17, 15) is 0 Å². The van der Waals surface area contributed by atoms with Crippen molar-refractivity contribution in [1.29, 1.82) is 0 Å². The summed E-state index contributed by atoms with van der Waals surface area (Å²) in [6, 6.07) is 9.15. The molecule has 0 bridgehead atoms. The molecular formula is C24H41B2O2P. The molecule has 1 aromatic rings. The summed E-state index contributed by atoms with van der Waals surface area (Å²) in [6.07, 6.45) is 14.3. The van der Waals surface area contributed by atoms with E-state index in [1.807, 2.05) is 0 Å². The van der Waals surface area contributed by atoms with Gasteiger partial charge >= 0.3 is 7.12 Å². The predicted molar refractivity (Wildman–Crippen MR) is 132 cm³/mol. The third kappa shape index (κ3) is 4.81. The Bertz CT molecular complexity index is 633. The van der Waals surface area contributed by atoms with E-state index in [1.54, 1.807) is 5.30 Å². The van der Waals surface area contributed by atoms with Gasteiger partial charge in [-0.25, -0.2) is 0 Å². The zero-order chi connectivity index (χ0) is 19.8. The molecule has 1 aliphatic heterocycles. The molecule has 160 valence electrons. The van der Waals surface area contributed by atoms with E-state index in [0.29, 0.717) is 0 Å². The molecule has 3 fully saturated rings. The molecule has 0 unspecified atom stereocenters. The summed E-state index contributed by atoms with van der Waals surface area (Å²) in [7, 11) is -0.374. The van der Waals surface area contributed by atoms with Crippen LogP contribution in [0.3, 0.4) is 0 Å². The molecule has 1 heterocycles. The van der Waals surface area contributed by atoms with Gasteiger partial charge in [0.05, 0.1) is 19.6 Å². The normalized spacial score (nSPS) is 25.2. The molecule has 2 aliphatic carbocycles. The summed E-state index contributed by atoms with van der Waals surface area (Å²) >= 11 is 0. The second-order valence-electron chi connectivity index (χ2n) is 10.1. The first-order valence-corrected chi connectivity index (χ1v) is 13.1. The lowest BCUT2D eigenvalue weighted by Gasteiger charge is -2.39. The Morgan fingerprint density at radius 3 is 1.69 bits per heavy atom. The van der Waals surface area contributed by atoms with Gasteiger partial charge in [-0.2, -0.15) is 0 Å². The first-order chi connectivity index (χ1) is 13.4. The Kier molecular flexibility index (Phi) is 7.62. The van der Waals surface area contributed by atoms with Gasteiger partial charge in [-0.15, -0.1) is 0 Å². The Hall–Kier alpha value is -0.300. The van der Waals surface area contributed by atoms with Gasteiger partial charge in [0.2, 0.25) is 0 Å². The van der Waals surface area contributed by atoms with Crippen LogP contribution < -0.4 is 10.8 Å². The zero-order valence-corrected chi connectivity index (χ0v) is 19.3. The quantitative estimate of drug-likeness (QED) is 0.531. The summed E-state index contributed by atoms with van der Waals surface area (Å²) in [5.74, 6) is 0. The van der Waals surface area contributed by atoms with Crippen molar-refractivity contribution in [1.82, 2.24) is 0 Å². The Morgan fingerprint density at radius 1 is 0.759 bits per heavy atom. The summed E-state index contributed by atoms with van der Waals surface area (Å²) < 4.78 is 13.0. The molecule has 2 nitrogen and oxygen atoms in total. The van der Waals surface area contributed by atoms with E-state index in [1.165, 1.54) is 69.7 Å². The minimum Gasteiger partial charge on any atom is -0.399 e. The van der Waals surface area contributed by atoms with Crippen LogP contribution in [0.15, 0.2) is 24.3 Å². The number of hydrogen-bond acceptors (Lipinski definition) is 2. The average Bonchev–Trinajstić information content (AvgIpc) is 2.91. The standard InChI is InChI=1S/C24H38BO2P.BH3/c1-23(2)24(3,4)27-25(26-23)21-17-11-12-18-22(21)28(19-13-7-5-8-14-19)20-15-9-6-10-16-20;/h11-12,17-20H,5-10,13-16H2,1-4H3;1H3. The van der Waals surface area contributed by atoms with Crippen LogP contribution in [0.5, 0.6) is 0 Å². The summed E-state index contributed by atoms with van der Waals surface area (Å²) in [4.78, 5) is 0. The number of hydrogen-bond donors (Lipinski definition) is 0. The number of rotatable bonds is 4. The van der Waals surface area contributed by atoms with Gasteiger partial charge in [-0.1, -0.05) is 70.7 Å². The van der Waals surface area contributed by atoms with E-state index >= 15 is 0 Å². The molecule has 1 aromatic carbocycles. The van der Waals surface area contributed by atoms with Crippen molar-refractivity contribution in [3.8, 4) is 0 Å². The van der Waals surface area contributed by atoms with Crippen molar-refractivity contribution < 1.29 is 9.31 Å². The van der Waals surface area contributed by atoms with Crippen molar-refractivity contribution in [2.24, 2.45) is 0 Å². The van der Waals surface area contributed by atoms with E-state index in [4.69, 9.17) is 9.31 Å². The second kappa shape index (κ2) is 9.46. The first-order valence-electron chi connectivity index (χ1n) is 11.6. The van der Waals surface area contributed by atoms with Crippen LogP contribution in [0.4, 0.5) is 0 Å². The van der Waals surface area contributed by atoms with Gasteiger partial charge in [0.15, 0.2) is 0 Å². The lowest BCUT2D eigenvalue weighted by molar-refractivity contribution is 0.00578. The van der Waals surface area contributed by atoms with E-state index in [2.05, 4.69) is 52.0 Å². The van der Waals surface area contributed by atoms with Crippen molar-refractivity contribution in [3.63, 3.8) is 0 Å². The van der Waals surface area contributed by atoms with Gasteiger partial charge in [0.25, 0.3) is 0 Å². The van der Waals surface area contributed by atoms with Crippen LogP contribution in [0, 0.1) is 0 Å². The Morgan fingerprint density at radius 2 is 1.21 bits per heavy atom. The smallest absolute Gasteiger partial charge is 0.399 e. The van der Waals surface area contributed by atoms with E-state index < -0.39 is 0 Å². The molecule has 0 aromatic heterocycles. The van der Waals surface area contributed by atoms with E-state index in [-0.39, 0.29) is 34.7 Å². The van der Waals surface area contributed by atoms with Crippen LogP contribution in [0.2, 0.25) is 0 Å². The second-order valence-corrected chi connectivity index (χ2v) is 12.9. The predicted octanol–water partition coefficient (Wildman–Crippen LogP) is 4.57. The average molecular weight is 414 g/mol. The van der Waals surface area contributed by atoms with Gasteiger partial charge < -0.3 is 9.31 Å². The molecule has 0 radical (unpaired) electrons. The molecule has 0 N–H and O–H groups in total. The number of benzene rings is 1. The van der Waals surface area contributed by atoms with Crippen molar-refractivity contribution in [3.05, 3.63) is 24.3 Å². The maximum Gasteiger partial charge on any atom is 0.495 e. The molecular weight excluding hydrogens is 373 g/mol. The monoisotopic (exact) mass is 414 g/mol. The highest BCUT2D eigenvalue weighted by Gasteiger charge is 2.52. The zero-order valence-electron chi connectivity index (χ0n) is 18.4. The molecule has 0 amide bonds. The topological polar surface area (TPSA) is 18.5 Å². The van der Waals surface area contributed by atoms with Crippen LogP contribution in [-0.2, 0) is 9.31 Å². The molecule has 1 saturated heterocycles. The van der Waals surface area contributed by atoms with Crippen LogP contribution in [0.1, 0.15) is 91.9 Å². The lowest BCUT2D eigenvalue weighted by Crippen LogP contribution is -2.44. The minimum atomic E-state index is -0.275. The van der Waals surface area contributed by atoms with Gasteiger partial charge in [0.1, 0.15) is 0 Å². The first kappa shape index (κ1) is 23.4. The van der Waals surface area contributed by atoms with Gasteiger partial charge in [-0.05, 0) is 75.5 Å². The molecule has 3 aliphatic rings. The van der Waals surface area contributed by atoms with Crippen molar-refractivity contribution in [2.75, 3.05) is 0 Å². The highest BCUT2D eigenvalue weighted by atomic mass is 31.1. The Labute approximate surface area is 182 Å². The largest absolute Gasteiger partial charge is 0.495 e.